The van der Waals surface area contributed by atoms with Crippen molar-refractivity contribution in [3.8, 4) is 5.69 Å². The summed E-state index contributed by atoms with van der Waals surface area (Å²) in [7, 11) is 0. The van der Waals surface area contributed by atoms with Gasteiger partial charge in [0, 0.05) is 15.5 Å². The van der Waals surface area contributed by atoms with Crippen molar-refractivity contribution in [1.29, 1.82) is 0 Å². The van der Waals surface area contributed by atoms with Crippen molar-refractivity contribution < 1.29 is 4.79 Å². The first-order valence-electron chi connectivity index (χ1n) is 9.33. The van der Waals surface area contributed by atoms with E-state index in [9.17, 15) is 4.79 Å². The lowest BCUT2D eigenvalue weighted by molar-refractivity contribution is 0.195. The van der Waals surface area contributed by atoms with Crippen LogP contribution in [0.2, 0.25) is 0 Å². The molecule has 0 saturated heterocycles. The average Bonchev–Trinajstić information content (AvgIpc) is 3.41. The fraction of sp³-hybridized carbons (Fsp3) is 0.0870. The third-order valence-corrected chi connectivity index (χ3v) is 6.77. The van der Waals surface area contributed by atoms with Gasteiger partial charge in [0.1, 0.15) is 6.04 Å². The third kappa shape index (κ3) is 3.28. The number of hydrogen-bond donors (Lipinski definition) is 1. The normalized spacial score (nSPS) is 15.3. The molecule has 2 aromatic carbocycles. The Labute approximate surface area is 181 Å². The van der Waals surface area contributed by atoms with E-state index in [2.05, 4.69) is 61.7 Å². The number of fused-ring (bicyclic) bond motifs is 3. The van der Waals surface area contributed by atoms with E-state index in [1.165, 1.54) is 0 Å². The number of halogens is 1. The van der Waals surface area contributed by atoms with Crippen LogP contribution < -0.4 is 5.32 Å². The summed E-state index contributed by atoms with van der Waals surface area (Å²) < 4.78 is 3.06. The SMILES string of the molecule is O=C(Nc1ccccc1Br)N1Cc2ccccc2-n2cccc2C1c1cccs1. The van der Waals surface area contributed by atoms with Gasteiger partial charge in [-0.25, -0.2) is 4.79 Å². The Morgan fingerprint density at radius 1 is 1.00 bits per heavy atom. The van der Waals surface area contributed by atoms with Crippen molar-refractivity contribution in [2.24, 2.45) is 0 Å². The van der Waals surface area contributed by atoms with Crippen LogP contribution in [0.15, 0.2) is 88.8 Å². The molecule has 5 rings (SSSR count). The van der Waals surface area contributed by atoms with E-state index in [1.807, 2.05) is 53.4 Å². The summed E-state index contributed by atoms with van der Waals surface area (Å²) in [4.78, 5) is 16.6. The predicted octanol–water partition coefficient (Wildman–Crippen LogP) is 6.44. The second-order valence-electron chi connectivity index (χ2n) is 6.89. The number of carbonyl (C=O) groups excluding carboxylic acids is 1. The highest BCUT2D eigenvalue weighted by molar-refractivity contribution is 9.10. The molecule has 1 atom stereocenters. The molecule has 3 heterocycles. The van der Waals surface area contributed by atoms with Crippen LogP contribution in [-0.2, 0) is 6.54 Å². The molecule has 144 valence electrons. The summed E-state index contributed by atoms with van der Waals surface area (Å²) in [5, 5.41) is 5.15. The number of anilines is 1. The minimum Gasteiger partial charge on any atom is -0.318 e. The highest BCUT2D eigenvalue weighted by atomic mass is 79.9. The lowest BCUT2D eigenvalue weighted by Gasteiger charge is -2.30. The summed E-state index contributed by atoms with van der Waals surface area (Å²) in [6, 6.07) is 23.9. The molecule has 1 unspecified atom stereocenters. The third-order valence-electron chi connectivity index (χ3n) is 5.15. The summed E-state index contributed by atoms with van der Waals surface area (Å²) in [6.45, 7) is 0.525. The van der Waals surface area contributed by atoms with E-state index in [1.54, 1.807) is 11.3 Å². The van der Waals surface area contributed by atoms with Crippen LogP contribution in [0.5, 0.6) is 0 Å². The number of nitrogens with one attached hydrogen (secondary N) is 1. The van der Waals surface area contributed by atoms with Crippen LogP contribution in [-0.4, -0.2) is 15.5 Å². The molecule has 1 aliphatic heterocycles. The second kappa shape index (κ2) is 7.54. The highest BCUT2D eigenvalue weighted by Crippen LogP contribution is 2.38. The molecule has 4 nitrogen and oxygen atoms in total. The standard InChI is InChI=1S/C23H18BrN3OS/c24-17-8-2-3-9-18(17)25-23(28)27-15-16-7-1-4-10-19(16)26-13-5-11-20(26)22(27)21-12-6-14-29-21/h1-14,22H,15H2,(H,25,28). The molecule has 1 aliphatic rings. The maximum absolute atomic E-state index is 13.5. The number of benzene rings is 2. The first-order valence-corrected chi connectivity index (χ1v) is 11.0. The van der Waals surface area contributed by atoms with E-state index in [-0.39, 0.29) is 12.1 Å². The zero-order valence-corrected chi connectivity index (χ0v) is 17.9. The highest BCUT2D eigenvalue weighted by Gasteiger charge is 2.33. The van der Waals surface area contributed by atoms with Gasteiger partial charge in [-0.2, -0.15) is 0 Å². The number of nitrogens with zero attached hydrogens (tertiary/aromatic N) is 2. The molecular weight excluding hydrogens is 446 g/mol. The van der Waals surface area contributed by atoms with Crippen molar-refractivity contribution in [1.82, 2.24) is 9.47 Å². The number of carbonyl (C=O) groups is 1. The Kier molecular flexibility index (Phi) is 4.73. The molecule has 2 amide bonds. The molecular formula is C23H18BrN3OS. The van der Waals surface area contributed by atoms with E-state index in [0.29, 0.717) is 6.54 Å². The molecule has 0 fully saturated rings. The fourth-order valence-corrected chi connectivity index (χ4v) is 5.07. The van der Waals surface area contributed by atoms with E-state index in [0.717, 1.165) is 32.0 Å². The topological polar surface area (TPSA) is 37.3 Å². The number of aromatic nitrogens is 1. The first-order chi connectivity index (χ1) is 14.2. The van der Waals surface area contributed by atoms with Crippen molar-refractivity contribution in [2.45, 2.75) is 12.6 Å². The van der Waals surface area contributed by atoms with Gasteiger partial charge in [-0.15, -0.1) is 11.3 Å². The summed E-state index contributed by atoms with van der Waals surface area (Å²) in [6.07, 6.45) is 2.07. The lowest BCUT2D eigenvalue weighted by atomic mass is 10.1. The average molecular weight is 464 g/mol. The number of amides is 2. The van der Waals surface area contributed by atoms with E-state index >= 15 is 0 Å². The van der Waals surface area contributed by atoms with Crippen molar-refractivity contribution in [3.05, 3.63) is 105 Å². The Morgan fingerprint density at radius 3 is 2.66 bits per heavy atom. The van der Waals surface area contributed by atoms with Gasteiger partial charge in [-0.1, -0.05) is 36.4 Å². The first kappa shape index (κ1) is 18.2. The number of hydrogen-bond acceptors (Lipinski definition) is 2. The van der Waals surface area contributed by atoms with Crippen LogP contribution in [0, 0.1) is 0 Å². The van der Waals surface area contributed by atoms with Gasteiger partial charge in [-0.05, 0) is 63.3 Å². The van der Waals surface area contributed by atoms with Crippen LogP contribution >= 0.6 is 27.3 Å². The molecule has 4 aromatic rings. The Morgan fingerprint density at radius 2 is 1.83 bits per heavy atom. The molecule has 0 aliphatic carbocycles. The number of para-hydroxylation sites is 2. The quantitative estimate of drug-likeness (QED) is 0.364. The summed E-state index contributed by atoms with van der Waals surface area (Å²) in [5.74, 6) is 0. The smallest absolute Gasteiger partial charge is 0.318 e. The van der Waals surface area contributed by atoms with Crippen molar-refractivity contribution in [3.63, 3.8) is 0 Å². The number of rotatable bonds is 2. The molecule has 29 heavy (non-hydrogen) atoms. The molecule has 6 heteroatoms. The molecule has 2 aromatic heterocycles. The Hall–Kier alpha value is -2.83. The number of urea groups is 1. The van der Waals surface area contributed by atoms with Gasteiger partial charge >= 0.3 is 6.03 Å². The fourth-order valence-electron chi connectivity index (χ4n) is 3.84. The second-order valence-corrected chi connectivity index (χ2v) is 8.72. The van der Waals surface area contributed by atoms with E-state index < -0.39 is 0 Å². The summed E-state index contributed by atoms with van der Waals surface area (Å²) in [5.41, 5.74) is 4.08. The van der Waals surface area contributed by atoms with Crippen LogP contribution in [0.25, 0.3) is 5.69 Å². The lowest BCUT2D eigenvalue weighted by Crippen LogP contribution is -2.37. The zero-order valence-electron chi connectivity index (χ0n) is 15.5. The van der Waals surface area contributed by atoms with Crippen molar-refractivity contribution >= 4 is 39.0 Å². The molecule has 0 saturated carbocycles. The van der Waals surface area contributed by atoms with Gasteiger partial charge in [-0.3, -0.25) is 0 Å². The molecule has 0 spiro atoms. The van der Waals surface area contributed by atoms with Crippen LogP contribution in [0.3, 0.4) is 0 Å². The molecule has 0 bridgehead atoms. The summed E-state index contributed by atoms with van der Waals surface area (Å²) >= 11 is 5.20. The van der Waals surface area contributed by atoms with Gasteiger partial charge < -0.3 is 14.8 Å². The van der Waals surface area contributed by atoms with Gasteiger partial charge in [0.2, 0.25) is 0 Å². The van der Waals surface area contributed by atoms with Crippen molar-refractivity contribution in [2.75, 3.05) is 5.32 Å². The van der Waals surface area contributed by atoms with Gasteiger partial charge in [0.15, 0.2) is 0 Å². The van der Waals surface area contributed by atoms with Crippen LogP contribution in [0.4, 0.5) is 10.5 Å². The maximum Gasteiger partial charge on any atom is 0.323 e. The van der Waals surface area contributed by atoms with E-state index in [4.69, 9.17) is 0 Å². The zero-order chi connectivity index (χ0) is 19.8. The predicted molar refractivity (Wildman–Crippen MR) is 121 cm³/mol. The Bertz CT molecular complexity index is 1170. The molecule has 0 radical (unpaired) electrons. The maximum atomic E-state index is 13.5. The Balaban J connectivity index is 1.63. The minimum atomic E-state index is -0.167. The van der Waals surface area contributed by atoms with Gasteiger partial charge in [0.25, 0.3) is 0 Å². The van der Waals surface area contributed by atoms with Crippen LogP contribution in [0.1, 0.15) is 22.2 Å². The van der Waals surface area contributed by atoms with Gasteiger partial charge in [0.05, 0.1) is 23.6 Å². The minimum absolute atomic E-state index is 0.125. The molecule has 1 N–H and O–H groups in total. The number of thiophene rings is 1. The largest absolute Gasteiger partial charge is 0.323 e. The monoisotopic (exact) mass is 463 g/mol.